The second-order valence-corrected chi connectivity index (χ2v) is 4.51. The molecular formula is C10H20N2O2. The lowest BCUT2D eigenvalue weighted by atomic mass is 10.0. The molecular weight excluding hydrogens is 180 g/mol. The minimum atomic E-state index is -0.782. The number of ether oxygens (including phenoxy) is 1. The van der Waals surface area contributed by atoms with Crippen molar-refractivity contribution in [1.29, 1.82) is 0 Å². The maximum absolute atomic E-state index is 11.4. The lowest BCUT2D eigenvalue weighted by Gasteiger charge is -2.24. The monoisotopic (exact) mass is 200 g/mol. The minimum absolute atomic E-state index is 0.0944. The van der Waals surface area contributed by atoms with Gasteiger partial charge in [0, 0.05) is 13.2 Å². The lowest BCUT2D eigenvalue weighted by Crippen LogP contribution is -2.50. The number of rotatable bonds is 3. The average molecular weight is 200 g/mol. The van der Waals surface area contributed by atoms with Gasteiger partial charge in [0.25, 0.3) is 0 Å². The summed E-state index contributed by atoms with van der Waals surface area (Å²) in [5.41, 5.74) is 4.87. The molecule has 3 N–H and O–H groups in total. The SMILES string of the molecule is CC(C)(N)C(=O)NCC1CCCOC1. The Morgan fingerprint density at radius 2 is 2.36 bits per heavy atom. The summed E-state index contributed by atoms with van der Waals surface area (Å²) < 4.78 is 5.32. The second kappa shape index (κ2) is 4.75. The minimum Gasteiger partial charge on any atom is -0.381 e. The summed E-state index contributed by atoms with van der Waals surface area (Å²) in [6.07, 6.45) is 2.22. The zero-order valence-electron chi connectivity index (χ0n) is 9.01. The van der Waals surface area contributed by atoms with Crippen LogP contribution in [-0.2, 0) is 9.53 Å². The molecule has 0 saturated carbocycles. The van der Waals surface area contributed by atoms with Crippen LogP contribution in [0.1, 0.15) is 26.7 Å². The van der Waals surface area contributed by atoms with E-state index >= 15 is 0 Å². The van der Waals surface area contributed by atoms with E-state index in [1.807, 2.05) is 0 Å². The fourth-order valence-electron chi connectivity index (χ4n) is 1.43. The second-order valence-electron chi connectivity index (χ2n) is 4.51. The van der Waals surface area contributed by atoms with Gasteiger partial charge in [-0.15, -0.1) is 0 Å². The van der Waals surface area contributed by atoms with Gasteiger partial charge in [-0.2, -0.15) is 0 Å². The molecule has 0 bridgehead atoms. The van der Waals surface area contributed by atoms with E-state index in [0.717, 1.165) is 26.1 Å². The Morgan fingerprint density at radius 1 is 1.64 bits per heavy atom. The van der Waals surface area contributed by atoms with Gasteiger partial charge < -0.3 is 15.8 Å². The van der Waals surface area contributed by atoms with Gasteiger partial charge in [-0.25, -0.2) is 0 Å². The Labute approximate surface area is 85.2 Å². The standard InChI is InChI=1S/C10H20N2O2/c1-10(2,11)9(13)12-6-8-4-3-5-14-7-8/h8H,3-7,11H2,1-2H3,(H,12,13). The molecule has 0 aliphatic carbocycles. The smallest absolute Gasteiger partial charge is 0.239 e. The topological polar surface area (TPSA) is 64.4 Å². The molecule has 1 amide bonds. The number of carbonyl (C=O) groups is 1. The number of hydrogen-bond donors (Lipinski definition) is 2. The number of hydrogen-bond acceptors (Lipinski definition) is 3. The zero-order valence-corrected chi connectivity index (χ0v) is 9.01. The largest absolute Gasteiger partial charge is 0.381 e. The Balaban J connectivity index is 2.22. The first-order chi connectivity index (χ1) is 6.50. The summed E-state index contributed by atoms with van der Waals surface area (Å²) in [6.45, 7) is 5.71. The highest BCUT2D eigenvalue weighted by atomic mass is 16.5. The van der Waals surface area contributed by atoms with E-state index in [4.69, 9.17) is 10.5 Å². The highest BCUT2D eigenvalue weighted by molar-refractivity contribution is 5.84. The third-order valence-corrected chi connectivity index (χ3v) is 2.39. The molecule has 0 spiro atoms. The molecule has 0 radical (unpaired) electrons. The summed E-state index contributed by atoms with van der Waals surface area (Å²) in [5, 5.41) is 2.85. The van der Waals surface area contributed by atoms with Gasteiger partial charge in [0.1, 0.15) is 0 Å². The van der Waals surface area contributed by atoms with Gasteiger partial charge in [-0.3, -0.25) is 4.79 Å². The lowest BCUT2D eigenvalue weighted by molar-refractivity contribution is -0.125. The van der Waals surface area contributed by atoms with Gasteiger partial charge in [0.05, 0.1) is 12.1 Å². The van der Waals surface area contributed by atoms with Crippen molar-refractivity contribution < 1.29 is 9.53 Å². The van der Waals surface area contributed by atoms with Gasteiger partial charge in [-0.05, 0) is 32.6 Å². The molecule has 1 aliphatic heterocycles. The molecule has 1 aliphatic rings. The first-order valence-electron chi connectivity index (χ1n) is 5.15. The Bertz CT molecular complexity index is 193. The van der Waals surface area contributed by atoms with Crippen molar-refractivity contribution in [3.05, 3.63) is 0 Å². The van der Waals surface area contributed by atoms with E-state index < -0.39 is 5.54 Å². The molecule has 1 atom stereocenters. The predicted molar refractivity (Wildman–Crippen MR) is 54.8 cm³/mol. The van der Waals surface area contributed by atoms with Gasteiger partial charge >= 0.3 is 0 Å². The Morgan fingerprint density at radius 3 is 2.86 bits per heavy atom. The molecule has 1 heterocycles. The van der Waals surface area contributed by atoms with Gasteiger partial charge in [0.2, 0.25) is 5.91 Å². The highest BCUT2D eigenvalue weighted by Gasteiger charge is 2.23. The molecule has 1 rings (SSSR count). The summed E-state index contributed by atoms with van der Waals surface area (Å²) in [5.74, 6) is 0.359. The van der Waals surface area contributed by atoms with Crippen molar-refractivity contribution in [3.8, 4) is 0 Å². The van der Waals surface area contributed by atoms with Crippen molar-refractivity contribution in [1.82, 2.24) is 5.32 Å². The molecule has 82 valence electrons. The quantitative estimate of drug-likeness (QED) is 0.687. The third kappa shape index (κ3) is 3.64. The number of amides is 1. The maximum atomic E-state index is 11.4. The van der Waals surface area contributed by atoms with E-state index in [-0.39, 0.29) is 5.91 Å². The van der Waals surface area contributed by atoms with Crippen LogP contribution in [0.25, 0.3) is 0 Å². The number of nitrogens with two attached hydrogens (primary N) is 1. The summed E-state index contributed by atoms with van der Waals surface area (Å²) >= 11 is 0. The van der Waals surface area contributed by atoms with Crippen LogP contribution >= 0.6 is 0 Å². The summed E-state index contributed by atoms with van der Waals surface area (Å²) in [4.78, 5) is 11.4. The van der Waals surface area contributed by atoms with Crippen LogP contribution < -0.4 is 11.1 Å². The molecule has 1 saturated heterocycles. The van der Waals surface area contributed by atoms with Crippen molar-refractivity contribution in [2.75, 3.05) is 19.8 Å². The molecule has 14 heavy (non-hydrogen) atoms. The van der Waals surface area contributed by atoms with Crippen molar-refractivity contribution in [2.45, 2.75) is 32.2 Å². The molecule has 0 aromatic carbocycles. The van der Waals surface area contributed by atoms with Crippen LogP contribution in [0.3, 0.4) is 0 Å². The van der Waals surface area contributed by atoms with Crippen LogP contribution in [0, 0.1) is 5.92 Å². The fraction of sp³-hybridized carbons (Fsp3) is 0.900. The van der Waals surface area contributed by atoms with Crippen molar-refractivity contribution in [3.63, 3.8) is 0 Å². The molecule has 1 unspecified atom stereocenters. The molecule has 4 nitrogen and oxygen atoms in total. The normalized spacial score (nSPS) is 23.2. The molecule has 1 fully saturated rings. The van der Waals surface area contributed by atoms with Crippen LogP contribution in [0.4, 0.5) is 0 Å². The van der Waals surface area contributed by atoms with Crippen LogP contribution in [0.5, 0.6) is 0 Å². The third-order valence-electron chi connectivity index (χ3n) is 2.39. The number of nitrogens with one attached hydrogen (secondary N) is 1. The molecule has 0 aromatic heterocycles. The van der Waals surface area contributed by atoms with E-state index in [2.05, 4.69) is 5.32 Å². The van der Waals surface area contributed by atoms with E-state index in [1.165, 1.54) is 0 Å². The maximum Gasteiger partial charge on any atom is 0.239 e. The average Bonchev–Trinajstić information content (AvgIpc) is 2.14. The summed E-state index contributed by atoms with van der Waals surface area (Å²) in [7, 11) is 0. The van der Waals surface area contributed by atoms with Crippen LogP contribution in [-0.4, -0.2) is 31.2 Å². The zero-order chi connectivity index (χ0) is 10.6. The summed E-state index contributed by atoms with van der Waals surface area (Å²) in [6, 6.07) is 0. The fourth-order valence-corrected chi connectivity index (χ4v) is 1.43. The molecule has 4 heteroatoms. The Hall–Kier alpha value is -0.610. The highest BCUT2D eigenvalue weighted by Crippen LogP contribution is 2.12. The first-order valence-corrected chi connectivity index (χ1v) is 5.15. The van der Waals surface area contributed by atoms with Crippen molar-refractivity contribution >= 4 is 5.91 Å². The number of carbonyl (C=O) groups excluding carboxylic acids is 1. The van der Waals surface area contributed by atoms with E-state index in [9.17, 15) is 4.79 Å². The van der Waals surface area contributed by atoms with Gasteiger partial charge in [0.15, 0.2) is 0 Å². The van der Waals surface area contributed by atoms with Crippen LogP contribution in [0.2, 0.25) is 0 Å². The predicted octanol–water partition coefficient (Wildman–Crippen LogP) is 0.267. The first kappa shape index (κ1) is 11.5. The molecule has 0 aromatic rings. The van der Waals surface area contributed by atoms with Gasteiger partial charge in [-0.1, -0.05) is 0 Å². The van der Waals surface area contributed by atoms with Crippen LogP contribution in [0.15, 0.2) is 0 Å². The van der Waals surface area contributed by atoms with Crippen molar-refractivity contribution in [2.24, 2.45) is 11.7 Å². The van der Waals surface area contributed by atoms with E-state index in [1.54, 1.807) is 13.8 Å². The Kier molecular flexibility index (Phi) is 3.89. The van der Waals surface area contributed by atoms with E-state index in [0.29, 0.717) is 12.5 Å².